The van der Waals surface area contributed by atoms with Crippen molar-refractivity contribution in [3.8, 4) is 0 Å². The Labute approximate surface area is 106 Å². The summed E-state index contributed by atoms with van der Waals surface area (Å²) in [6.45, 7) is 0. The standard InChI is InChI=1S/C5H5N5.C4H7NO4/c6-4-3-5(9-1-7-3)10-2-8-4;5-2(4(8)9)1-3(6)7/h1-2H,(H3,6,7,8,9,10);2H,1,5H2,(H,6,7)(H,8,9)/t;2-/m.0/s1. The number of carbonyl (C=O) groups is 2. The van der Waals surface area contributed by atoms with Gasteiger partial charge in [0.2, 0.25) is 0 Å². The van der Waals surface area contributed by atoms with E-state index in [0.717, 1.165) is 0 Å². The quantitative estimate of drug-likeness (QED) is 0.456. The van der Waals surface area contributed by atoms with E-state index in [-0.39, 0.29) is 0 Å². The molecule has 1 atom stereocenters. The van der Waals surface area contributed by atoms with Gasteiger partial charge in [0.25, 0.3) is 0 Å². The minimum atomic E-state index is -1.29. The number of carboxylic acid groups (broad SMARTS) is 2. The van der Waals surface area contributed by atoms with Gasteiger partial charge >= 0.3 is 11.9 Å². The van der Waals surface area contributed by atoms with E-state index in [4.69, 9.17) is 21.7 Å². The monoisotopic (exact) mass is 268 g/mol. The maximum absolute atomic E-state index is 9.85. The van der Waals surface area contributed by atoms with Gasteiger partial charge in [0, 0.05) is 0 Å². The molecule has 0 aliphatic heterocycles. The molecule has 0 spiro atoms. The highest BCUT2D eigenvalue weighted by atomic mass is 16.4. The van der Waals surface area contributed by atoms with Crippen molar-refractivity contribution in [2.75, 3.05) is 5.73 Å². The van der Waals surface area contributed by atoms with Crippen LogP contribution in [-0.2, 0) is 9.59 Å². The Morgan fingerprint density at radius 2 is 2.00 bits per heavy atom. The van der Waals surface area contributed by atoms with E-state index in [1.165, 1.54) is 12.7 Å². The average Bonchev–Trinajstić information content (AvgIpc) is 2.78. The lowest BCUT2D eigenvalue weighted by Gasteiger charge is -1.99. The van der Waals surface area contributed by atoms with Gasteiger partial charge in [0.05, 0.1) is 12.7 Å². The second-order valence-electron chi connectivity index (χ2n) is 3.40. The summed E-state index contributed by atoms with van der Waals surface area (Å²) >= 11 is 0. The molecule has 102 valence electrons. The molecule has 2 aromatic heterocycles. The van der Waals surface area contributed by atoms with Gasteiger partial charge in [0.15, 0.2) is 11.5 Å². The third-order valence-electron chi connectivity index (χ3n) is 1.96. The second-order valence-corrected chi connectivity index (χ2v) is 3.40. The molecule has 0 unspecified atom stereocenters. The molecule has 0 radical (unpaired) electrons. The number of imidazole rings is 1. The van der Waals surface area contributed by atoms with Crippen molar-refractivity contribution < 1.29 is 19.8 Å². The van der Waals surface area contributed by atoms with Crippen molar-refractivity contribution in [2.45, 2.75) is 12.5 Å². The zero-order chi connectivity index (χ0) is 14.4. The molecule has 0 amide bonds. The van der Waals surface area contributed by atoms with Crippen molar-refractivity contribution in [3.05, 3.63) is 12.7 Å². The summed E-state index contributed by atoms with van der Waals surface area (Å²) in [5.74, 6) is -2.06. The zero-order valence-electron chi connectivity index (χ0n) is 9.65. The van der Waals surface area contributed by atoms with Crippen molar-refractivity contribution in [1.82, 2.24) is 19.9 Å². The number of rotatable bonds is 3. The predicted octanol–water partition coefficient (Wildman–Crippen LogP) is -1.19. The van der Waals surface area contributed by atoms with Crippen LogP contribution in [-0.4, -0.2) is 48.1 Å². The summed E-state index contributed by atoms with van der Waals surface area (Å²) in [5.41, 5.74) is 11.6. The molecular weight excluding hydrogens is 256 g/mol. The molecule has 0 saturated carbocycles. The van der Waals surface area contributed by atoms with E-state index in [2.05, 4.69) is 19.9 Å². The summed E-state index contributed by atoms with van der Waals surface area (Å²) in [4.78, 5) is 34.0. The summed E-state index contributed by atoms with van der Waals surface area (Å²) in [6.07, 6.45) is 2.39. The van der Waals surface area contributed by atoms with Gasteiger partial charge in [-0.05, 0) is 0 Å². The number of aromatic amines is 1. The Kier molecular flexibility index (Phi) is 4.71. The number of nitrogens with zero attached hydrogens (tertiary/aromatic N) is 3. The van der Waals surface area contributed by atoms with Crippen LogP contribution in [0.5, 0.6) is 0 Å². The Balaban J connectivity index is 0.000000192. The SMILES string of the molecule is N[C@@H](CC(=O)O)C(=O)O.Nc1ncnc2nc[nH]c12. The fraction of sp³-hybridized carbons (Fsp3) is 0.222. The Morgan fingerprint density at radius 1 is 1.32 bits per heavy atom. The van der Waals surface area contributed by atoms with Crippen LogP contribution >= 0.6 is 0 Å². The molecule has 10 heteroatoms. The molecule has 0 aromatic carbocycles. The normalized spacial score (nSPS) is 11.4. The highest BCUT2D eigenvalue weighted by Crippen LogP contribution is 2.09. The first-order chi connectivity index (χ1) is 8.91. The first-order valence-electron chi connectivity index (χ1n) is 5.01. The fourth-order valence-electron chi connectivity index (χ4n) is 1.06. The number of aromatic nitrogens is 4. The van der Waals surface area contributed by atoms with Crippen molar-refractivity contribution in [1.29, 1.82) is 0 Å². The molecule has 0 fully saturated rings. The average molecular weight is 268 g/mol. The van der Waals surface area contributed by atoms with Crippen LogP contribution in [0.15, 0.2) is 12.7 Å². The molecular formula is C9H12N6O4. The van der Waals surface area contributed by atoms with Crippen LogP contribution in [0.3, 0.4) is 0 Å². The molecule has 0 bridgehead atoms. The summed E-state index contributed by atoms with van der Waals surface area (Å²) in [5, 5.41) is 16.0. The van der Waals surface area contributed by atoms with E-state index in [1.54, 1.807) is 0 Å². The lowest BCUT2D eigenvalue weighted by molar-refractivity contribution is -0.144. The smallest absolute Gasteiger partial charge is 0.321 e. The number of hydrogen-bond acceptors (Lipinski definition) is 7. The first kappa shape index (κ1) is 14.3. The highest BCUT2D eigenvalue weighted by Gasteiger charge is 2.14. The number of nitrogens with one attached hydrogen (secondary N) is 1. The maximum Gasteiger partial charge on any atom is 0.321 e. The molecule has 10 nitrogen and oxygen atoms in total. The fourth-order valence-corrected chi connectivity index (χ4v) is 1.06. The lowest BCUT2D eigenvalue weighted by Crippen LogP contribution is -2.32. The molecule has 2 heterocycles. The van der Waals surface area contributed by atoms with E-state index in [0.29, 0.717) is 17.0 Å². The van der Waals surface area contributed by atoms with Gasteiger partial charge in [-0.3, -0.25) is 9.59 Å². The largest absolute Gasteiger partial charge is 0.481 e. The highest BCUT2D eigenvalue weighted by molar-refractivity contribution is 5.80. The molecule has 0 aliphatic rings. The molecule has 2 aromatic rings. The number of hydrogen-bond donors (Lipinski definition) is 5. The number of nitrogens with two attached hydrogens (primary N) is 2. The van der Waals surface area contributed by atoms with Crippen LogP contribution in [0.2, 0.25) is 0 Å². The van der Waals surface area contributed by atoms with Gasteiger partial charge in [-0.1, -0.05) is 0 Å². The minimum absolute atomic E-state index is 0.433. The first-order valence-corrected chi connectivity index (χ1v) is 5.01. The number of fused-ring (bicyclic) bond motifs is 1. The van der Waals surface area contributed by atoms with E-state index >= 15 is 0 Å². The number of H-pyrrole nitrogens is 1. The summed E-state index contributed by atoms with van der Waals surface area (Å²) in [6, 6.07) is -1.29. The molecule has 7 N–H and O–H groups in total. The third-order valence-corrected chi connectivity index (χ3v) is 1.96. The van der Waals surface area contributed by atoms with Crippen molar-refractivity contribution >= 4 is 28.9 Å². The number of nitrogen functional groups attached to an aromatic ring is 1. The van der Waals surface area contributed by atoms with Gasteiger partial charge in [-0.25, -0.2) is 15.0 Å². The minimum Gasteiger partial charge on any atom is -0.481 e. The van der Waals surface area contributed by atoms with E-state index < -0.39 is 24.4 Å². The molecule has 19 heavy (non-hydrogen) atoms. The van der Waals surface area contributed by atoms with Crippen LogP contribution in [0.4, 0.5) is 5.82 Å². The third kappa shape index (κ3) is 4.20. The Hall–Kier alpha value is -2.75. The van der Waals surface area contributed by atoms with Gasteiger partial charge < -0.3 is 26.7 Å². The Morgan fingerprint density at radius 3 is 2.47 bits per heavy atom. The topological polar surface area (TPSA) is 181 Å². The van der Waals surface area contributed by atoms with Crippen LogP contribution < -0.4 is 11.5 Å². The van der Waals surface area contributed by atoms with Gasteiger partial charge in [-0.15, -0.1) is 0 Å². The Bertz CT molecular complexity index is 583. The second kappa shape index (κ2) is 6.26. The van der Waals surface area contributed by atoms with E-state index in [1.807, 2.05) is 0 Å². The van der Waals surface area contributed by atoms with Gasteiger partial charge in [-0.2, -0.15) is 0 Å². The number of anilines is 1. The van der Waals surface area contributed by atoms with E-state index in [9.17, 15) is 9.59 Å². The van der Waals surface area contributed by atoms with Crippen LogP contribution in [0, 0.1) is 0 Å². The van der Waals surface area contributed by atoms with Gasteiger partial charge in [0.1, 0.15) is 17.9 Å². The lowest BCUT2D eigenvalue weighted by atomic mass is 10.2. The molecule has 2 rings (SSSR count). The van der Waals surface area contributed by atoms with Crippen LogP contribution in [0.1, 0.15) is 6.42 Å². The number of carboxylic acids is 2. The predicted molar refractivity (Wildman–Crippen MR) is 64.0 cm³/mol. The molecule has 0 saturated heterocycles. The summed E-state index contributed by atoms with van der Waals surface area (Å²) < 4.78 is 0. The number of aliphatic carboxylic acids is 2. The summed E-state index contributed by atoms with van der Waals surface area (Å²) in [7, 11) is 0. The maximum atomic E-state index is 9.85. The van der Waals surface area contributed by atoms with Crippen molar-refractivity contribution in [2.24, 2.45) is 5.73 Å². The van der Waals surface area contributed by atoms with Crippen molar-refractivity contribution in [3.63, 3.8) is 0 Å². The zero-order valence-corrected chi connectivity index (χ0v) is 9.65. The van der Waals surface area contributed by atoms with Crippen LogP contribution in [0.25, 0.3) is 11.2 Å². The molecule has 0 aliphatic carbocycles.